The Morgan fingerprint density at radius 1 is 1.10 bits per heavy atom. The van der Waals surface area contributed by atoms with Gasteiger partial charge in [0.25, 0.3) is 0 Å². The molecule has 4 heterocycles. The molecule has 3 aromatic heterocycles. The Morgan fingerprint density at radius 2 is 1.93 bits per heavy atom. The van der Waals surface area contributed by atoms with E-state index in [0.717, 1.165) is 43.0 Å². The fraction of sp³-hybridized carbons (Fsp3) is 0.300. The summed E-state index contributed by atoms with van der Waals surface area (Å²) < 4.78 is 33.4. The van der Waals surface area contributed by atoms with Gasteiger partial charge in [0.2, 0.25) is 11.1 Å². The van der Waals surface area contributed by atoms with E-state index in [0.29, 0.717) is 22.7 Å². The van der Waals surface area contributed by atoms with Crippen molar-refractivity contribution in [1.82, 2.24) is 24.0 Å². The first kappa shape index (κ1) is 18.9. The SMILES string of the molecule is Cc1nsc(N2CCC(Nc3nc4c(-c5ccc(F)cc5F)cccn4n3)CC2)n1. The first-order valence-electron chi connectivity index (χ1n) is 9.69. The Bertz CT molecular complexity index is 1200. The molecule has 1 saturated heterocycles. The predicted octanol–water partition coefficient (Wildman–Crippen LogP) is 3.92. The summed E-state index contributed by atoms with van der Waals surface area (Å²) in [5.74, 6) is 0.0645. The summed E-state index contributed by atoms with van der Waals surface area (Å²) in [4.78, 5) is 11.3. The van der Waals surface area contributed by atoms with Crippen molar-refractivity contribution in [3.05, 3.63) is 54.0 Å². The second-order valence-electron chi connectivity index (χ2n) is 7.28. The molecule has 0 aliphatic carbocycles. The third-order valence-electron chi connectivity index (χ3n) is 5.20. The van der Waals surface area contributed by atoms with E-state index in [9.17, 15) is 8.78 Å². The van der Waals surface area contributed by atoms with Gasteiger partial charge in [-0.2, -0.15) is 9.36 Å². The van der Waals surface area contributed by atoms with Crippen LogP contribution < -0.4 is 10.2 Å². The number of pyridine rings is 1. The molecule has 0 spiro atoms. The number of aryl methyl sites for hydroxylation is 1. The number of rotatable bonds is 4. The fourth-order valence-corrected chi connectivity index (χ4v) is 4.42. The highest BCUT2D eigenvalue weighted by Gasteiger charge is 2.23. The molecule has 10 heteroatoms. The monoisotopic (exact) mass is 427 g/mol. The van der Waals surface area contributed by atoms with E-state index in [-0.39, 0.29) is 6.04 Å². The molecule has 0 atom stereocenters. The van der Waals surface area contributed by atoms with Gasteiger partial charge in [0.05, 0.1) is 0 Å². The van der Waals surface area contributed by atoms with Crippen LogP contribution in [0.1, 0.15) is 18.7 Å². The minimum absolute atomic E-state index is 0.235. The van der Waals surface area contributed by atoms with E-state index in [2.05, 4.69) is 29.7 Å². The van der Waals surface area contributed by atoms with Crippen molar-refractivity contribution < 1.29 is 8.78 Å². The molecule has 1 aliphatic rings. The van der Waals surface area contributed by atoms with Gasteiger partial charge < -0.3 is 10.2 Å². The number of anilines is 2. The van der Waals surface area contributed by atoms with Gasteiger partial charge in [0.15, 0.2) is 5.65 Å². The van der Waals surface area contributed by atoms with Crippen molar-refractivity contribution in [2.24, 2.45) is 0 Å². The first-order valence-corrected chi connectivity index (χ1v) is 10.5. The van der Waals surface area contributed by atoms with Crippen LogP contribution in [0.3, 0.4) is 0 Å². The summed E-state index contributed by atoms with van der Waals surface area (Å²) >= 11 is 1.43. The van der Waals surface area contributed by atoms with E-state index in [4.69, 9.17) is 0 Å². The van der Waals surface area contributed by atoms with Crippen LogP contribution in [0.2, 0.25) is 0 Å². The summed E-state index contributed by atoms with van der Waals surface area (Å²) in [7, 11) is 0. The largest absolute Gasteiger partial charge is 0.350 e. The molecule has 7 nitrogen and oxygen atoms in total. The van der Waals surface area contributed by atoms with Gasteiger partial charge in [-0.1, -0.05) is 0 Å². The van der Waals surface area contributed by atoms with E-state index in [1.807, 2.05) is 6.92 Å². The molecule has 154 valence electrons. The van der Waals surface area contributed by atoms with Crippen LogP contribution in [-0.2, 0) is 0 Å². The molecule has 1 aromatic carbocycles. The molecular weight excluding hydrogens is 408 g/mol. The van der Waals surface area contributed by atoms with Crippen molar-refractivity contribution in [1.29, 1.82) is 0 Å². The summed E-state index contributed by atoms with van der Waals surface area (Å²) in [6.07, 6.45) is 3.61. The maximum atomic E-state index is 14.3. The Kier molecular flexibility index (Phi) is 4.78. The number of halogens is 2. The molecule has 0 amide bonds. The van der Waals surface area contributed by atoms with Crippen LogP contribution in [0.15, 0.2) is 36.5 Å². The highest BCUT2D eigenvalue weighted by molar-refractivity contribution is 7.09. The summed E-state index contributed by atoms with van der Waals surface area (Å²) in [6.45, 7) is 3.66. The van der Waals surface area contributed by atoms with Gasteiger partial charge in [-0.15, -0.1) is 5.10 Å². The molecule has 1 N–H and O–H groups in total. The zero-order valence-electron chi connectivity index (χ0n) is 16.2. The molecule has 0 bridgehead atoms. The second-order valence-corrected chi connectivity index (χ2v) is 8.01. The molecule has 4 aromatic rings. The molecular formula is C20H19F2N7S. The molecule has 0 unspecified atom stereocenters. The van der Waals surface area contributed by atoms with Crippen LogP contribution >= 0.6 is 11.5 Å². The summed E-state index contributed by atoms with van der Waals surface area (Å²) in [6, 6.07) is 7.30. The van der Waals surface area contributed by atoms with Crippen LogP contribution in [0.25, 0.3) is 16.8 Å². The fourth-order valence-electron chi connectivity index (χ4n) is 3.70. The molecule has 1 aliphatic heterocycles. The van der Waals surface area contributed by atoms with E-state index in [1.165, 1.54) is 23.7 Å². The van der Waals surface area contributed by atoms with Gasteiger partial charge in [-0.3, -0.25) is 0 Å². The number of piperidine rings is 1. The smallest absolute Gasteiger partial charge is 0.243 e. The predicted molar refractivity (Wildman–Crippen MR) is 112 cm³/mol. The van der Waals surface area contributed by atoms with Gasteiger partial charge in [0, 0.05) is 54.1 Å². The Labute approximate surface area is 175 Å². The highest BCUT2D eigenvalue weighted by Crippen LogP contribution is 2.28. The van der Waals surface area contributed by atoms with Crippen LogP contribution in [0, 0.1) is 18.6 Å². The average Bonchev–Trinajstić information content (AvgIpc) is 3.34. The Hall–Kier alpha value is -3.14. The van der Waals surface area contributed by atoms with E-state index < -0.39 is 11.6 Å². The maximum Gasteiger partial charge on any atom is 0.243 e. The number of nitrogens with one attached hydrogen (secondary N) is 1. The van der Waals surface area contributed by atoms with Crippen LogP contribution in [0.5, 0.6) is 0 Å². The zero-order chi connectivity index (χ0) is 20.7. The third-order valence-corrected chi connectivity index (χ3v) is 6.07. The van der Waals surface area contributed by atoms with Gasteiger partial charge in [0.1, 0.15) is 17.5 Å². The lowest BCUT2D eigenvalue weighted by molar-refractivity contribution is 0.523. The van der Waals surface area contributed by atoms with Crippen molar-refractivity contribution in [3.63, 3.8) is 0 Å². The van der Waals surface area contributed by atoms with Crippen molar-refractivity contribution in [2.45, 2.75) is 25.8 Å². The molecule has 5 rings (SSSR count). The lowest BCUT2D eigenvalue weighted by Crippen LogP contribution is -2.39. The number of aromatic nitrogens is 5. The van der Waals surface area contributed by atoms with E-state index in [1.54, 1.807) is 22.8 Å². The van der Waals surface area contributed by atoms with Crippen LogP contribution in [-0.4, -0.2) is 43.1 Å². The summed E-state index contributed by atoms with van der Waals surface area (Å²) in [5.41, 5.74) is 1.38. The lowest BCUT2D eigenvalue weighted by atomic mass is 10.1. The normalized spacial score (nSPS) is 15.1. The van der Waals surface area contributed by atoms with Crippen molar-refractivity contribution in [2.75, 3.05) is 23.3 Å². The number of hydrogen-bond acceptors (Lipinski definition) is 7. The third kappa shape index (κ3) is 3.58. The topological polar surface area (TPSA) is 71.2 Å². The number of benzene rings is 1. The minimum atomic E-state index is -0.625. The van der Waals surface area contributed by atoms with E-state index >= 15 is 0 Å². The Morgan fingerprint density at radius 3 is 2.67 bits per heavy atom. The minimum Gasteiger partial charge on any atom is -0.350 e. The number of fused-ring (bicyclic) bond motifs is 1. The first-order chi connectivity index (χ1) is 14.6. The lowest BCUT2D eigenvalue weighted by Gasteiger charge is -2.31. The van der Waals surface area contributed by atoms with Crippen LogP contribution in [0.4, 0.5) is 19.9 Å². The second kappa shape index (κ2) is 7.60. The molecule has 0 saturated carbocycles. The molecule has 1 fully saturated rings. The quantitative estimate of drug-likeness (QED) is 0.532. The molecule has 0 radical (unpaired) electrons. The zero-order valence-corrected chi connectivity index (χ0v) is 17.0. The van der Waals surface area contributed by atoms with Crippen molar-refractivity contribution >= 4 is 28.3 Å². The molecule has 30 heavy (non-hydrogen) atoms. The Balaban J connectivity index is 1.34. The summed E-state index contributed by atoms with van der Waals surface area (Å²) in [5, 5.41) is 8.84. The van der Waals surface area contributed by atoms with Gasteiger partial charge in [-0.05, 0) is 44.0 Å². The van der Waals surface area contributed by atoms with Crippen molar-refractivity contribution in [3.8, 4) is 11.1 Å². The van der Waals surface area contributed by atoms with Gasteiger partial charge >= 0.3 is 0 Å². The van der Waals surface area contributed by atoms with Gasteiger partial charge in [-0.25, -0.2) is 18.3 Å². The maximum absolute atomic E-state index is 14.3. The standard InChI is InChI=1S/C20H19F2N7S/c1-12-23-20(30-27-12)28-9-6-14(7-10-28)24-19-25-18-16(3-2-8-29(18)26-19)15-5-4-13(21)11-17(15)22/h2-5,8,11,14H,6-7,9-10H2,1H3,(H,24,26). The average molecular weight is 427 g/mol. The number of nitrogens with zero attached hydrogens (tertiary/aromatic N) is 6. The number of hydrogen-bond donors (Lipinski definition) is 1. The highest BCUT2D eigenvalue weighted by atomic mass is 32.1.